The van der Waals surface area contributed by atoms with Gasteiger partial charge in [0.25, 0.3) is 0 Å². The van der Waals surface area contributed by atoms with Gasteiger partial charge >= 0.3 is 0 Å². The van der Waals surface area contributed by atoms with Crippen molar-refractivity contribution < 1.29 is 9.21 Å². The Morgan fingerprint density at radius 3 is 2.73 bits per heavy atom. The van der Waals surface area contributed by atoms with Crippen molar-refractivity contribution in [3.63, 3.8) is 0 Å². The van der Waals surface area contributed by atoms with Gasteiger partial charge in [0.2, 0.25) is 5.91 Å². The third kappa shape index (κ3) is 4.71. The molecule has 2 heterocycles. The Kier molecular flexibility index (Phi) is 6.15. The SMILES string of the molecule is O=C(C=Cc1ccco1)NC(=S)Nc1cc(-c2nc3ccccc3s2)c(Cl)cc1Cl. The molecular formula is C21H13Cl2N3O2S2. The van der Waals surface area contributed by atoms with Gasteiger partial charge in [0.05, 0.1) is 32.2 Å². The van der Waals surface area contributed by atoms with Gasteiger partial charge in [-0.1, -0.05) is 35.3 Å². The van der Waals surface area contributed by atoms with Crippen LogP contribution in [0, 0.1) is 0 Å². The van der Waals surface area contributed by atoms with Crippen molar-refractivity contribution in [2.75, 3.05) is 5.32 Å². The summed E-state index contributed by atoms with van der Waals surface area (Å²) in [5.41, 5.74) is 2.12. The number of benzene rings is 2. The van der Waals surface area contributed by atoms with Gasteiger partial charge in [-0.15, -0.1) is 11.3 Å². The monoisotopic (exact) mass is 473 g/mol. The minimum Gasteiger partial charge on any atom is -0.465 e. The third-order valence-electron chi connectivity index (χ3n) is 4.01. The second kappa shape index (κ2) is 8.97. The highest BCUT2D eigenvalue weighted by atomic mass is 35.5. The zero-order chi connectivity index (χ0) is 21.1. The molecule has 150 valence electrons. The van der Waals surface area contributed by atoms with Gasteiger partial charge in [0, 0.05) is 11.6 Å². The van der Waals surface area contributed by atoms with Crippen molar-refractivity contribution in [3.8, 4) is 10.6 Å². The topological polar surface area (TPSA) is 67.2 Å². The summed E-state index contributed by atoms with van der Waals surface area (Å²) in [7, 11) is 0. The fraction of sp³-hybridized carbons (Fsp3) is 0. The summed E-state index contributed by atoms with van der Waals surface area (Å²) < 4.78 is 6.19. The number of furan rings is 1. The summed E-state index contributed by atoms with van der Waals surface area (Å²) in [5.74, 6) is 0.158. The highest BCUT2D eigenvalue weighted by Gasteiger charge is 2.14. The number of thiazole rings is 1. The van der Waals surface area contributed by atoms with E-state index in [1.807, 2.05) is 24.3 Å². The number of halogens is 2. The first-order chi connectivity index (χ1) is 14.5. The van der Waals surface area contributed by atoms with Crippen LogP contribution in [0.4, 0.5) is 5.69 Å². The zero-order valence-electron chi connectivity index (χ0n) is 15.2. The maximum absolute atomic E-state index is 12.0. The van der Waals surface area contributed by atoms with Crippen LogP contribution in [0.25, 0.3) is 26.9 Å². The van der Waals surface area contributed by atoms with Gasteiger partial charge in [-0.2, -0.15) is 0 Å². The molecular weight excluding hydrogens is 461 g/mol. The molecule has 2 aromatic heterocycles. The number of rotatable bonds is 4. The average Bonchev–Trinajstić information content (AvgIpc) is 3.37. The van der Waals surface area contributed by atoms with Crippen molar-refractivity contribution in [3.05, 3.63) is 76.7 Å². The van der Waals surface area contributed by atoms with Crippen LogP contribution in [0.2, 0.25) is 10.0 Å². The van der Waals surface area contributed by atoms with E-state index in [0.29, 0.717) is 21.5 Å². The van der Waals surface area contributed by atoms with Crippen LogP contribution in [-0.4, -0.2) is 16.0 Å². The molecule has 2 N–H and O–H groups in total. The first-order valence-corrected chi connectivity index (χ1v) is 10.7. The maximum atomic E-state index is 12.0. The Hall–Kier alpha value is -2.71. The summed E-state index contributed by atoms with van der Waals surface area (Å²) in [6.07, 6.45) is 4.39. The average molecular weight is 474 g/mol. The van der Waals surface area contributed by atoms with E-state index in [9.17, 15) is 4.79 Å². The lowest BCUT2D eigenvalue weighted by Gasteiger charge is -2.12. The molecule has 0 radical (unpaired) electrons. The molecule has 0 saturated heterocycles. The molecule has 2 aromatic carbocycles. The number of anilines is 1. The van der Waals surface area contributed by atoms with Gasteiger partial charge in [0.15, 0.2) is 5.11 Å². The van der Waals surface area contributed by atoms with Crippen LogP contribution in [0.3, 0.4) is 0 Å². The Morgan fingerprint density at radius 2 is 1.97 bits per heavy atom. The molecule has 30 heavy (non-hydrogen) atoms. The van der Waals surface area contributed by atoms with E-state index >= 15 is 0 Å². The van der Waals surface area contributed by atoms with Crippen molar-refractivity contribution >= 4 is 79.8 Å². The smallest absolute Gasteiger partial charge is 0.250 e. The Labute approximate surface area is 191 Å². The summed E-state index contributed by atoms with van der Waals surface area (Å²) in [5, 5.41) is 7.20. The van der Waals surface area contributed by atoms with Gasteiger partial charge in [-0.3, -0.25) is 10.1 Å². The van der Waals surface area contributed by atoms with Crippen molar-refractivity contribution in [2.45, 2.75) is 0 Å². The standard InChI is InChI=1S/C21H13Cl2N3O2S2/c22-14-11-15(23)17(10-13(14)20-24-16-5-1-2-6-18(16)30-20)25-21(29)26-19(27)8-7-12-4-3-9-28-12/h1-11H,(H2,25,26,27,29). The number of carbonyl (C=O) groups excluding carboxylic acids is 1. The normalized spacial score (nSPS) is 11.1. The lowest BCUT2D eigenvalue weighted by molar-refractivity contribution is -0.115. The van der Waals surface area contributed by atoms with Crippen LogP contribution in [0.1, 0.15) is 5.76 Å². The van der Waals surface area contributed by atoms with Crippen LogP contribution >= 0.6 is 46.8 Å². The number of hydrogen-bond acceptors (Lipinski definition) is 5. The van der Waals surface area contributed by atoms with Gasteiger partial charge in [-0.25, -0.2) is 4.98 Å². The summed E-state index contributed by atoms with van der Waals surface area (Å²) >= 11 is 19.5. The lowest BCUT2D eigenvalue weighted by atomic mass is 10.2. The predicted molar refractivity (Wildman–Crippen MR) is 127 cm³/mol. The van der Waals surface area contributed by atoms with Crippen LogP contribution in [0.15, 0.2) is 65.3 Å². The van der Waals surface area contributed by atoms with Crippen molar-refractivity contribution in [1.82, 2.24) is 10.3 Å². The van der Waals surface area contributed by atoms with Gasteiger partial charge in [-0.05, 0) is 54.7 Å². The quantitative estimate of drug-likeness (QED) is 0.265. The summed E-state index contributed by atoms with van der Waals surface area (Å²) in [6, 6.07) is 14.7. The van der Waals surface area contributed by atoms with Crippen LogP contribution in [0.5, 0.6) is 0 Å². The minimum atomic E-state index is -0.402. The van der Waals surface area contributed by atoms with E-state index in [1.165, 1.54) is 23.7 Å². The van der Waals surface area contributed by atoms with E-state index in [4.69, 9.17) is 39.8 Å². The molecule has 1 amide bonds. The Bertz CT molecular complexity index is 1230. The zero-order valence-corrected chi connectivity index (χ0v) is 18.3. The molecule has 0 aliphatic rings. The number of carbonyl (C=O) groups is 1. The molecule has 0 atom stereocenters. The van der Waals surface area contributed by atoms with Crippen molar-refractivity contribution in [2.24, 2.45) is 0 Å². The molecule has 0 saturated carbocycles. The van der Waals surface area contributed by atoms with E-state index in [1.54, 1.807) is 30.3 Å². The Morgan fingerprint density at radius 1 is 1.13 bits per heavy atom. The number of nitrogens with zero attached hydrogens (tertiary/aromatic N) is 1. The highest BCUT2D eigenvalue weighted by molar-refractivity contribution is 7.80. The molecule has 0 fully saturated rings. The number of fused-ring (bicyclic) bond motifs is 1. The van der Waals surface area contributed by atoms with E-state index < -0.39 is 5.91 Å². The first-order valence-electron chi connectivity index (χ1n) is 8.68. The minimum absolute atomic E-state index is 0.101. The molecule has 5 nitrogen and oxygen atoms in total. The molecule has 0 spiro atoms. The number of amides is 1. The molecule has 0 bridgehead atoms. The maximum Gasteiger partial charge on any atom is 0.250 e. The fourth-order valence-electron chi connectivity index (χ4n) is 2.65. The summed E-state index contributed by atoms with van der Waals surface area (Å²) in [4.78, 5) is 16.7. The summed E-state index contributed by atoms with van der Waals surface area (Å²) in [6.45, 7) is 0. The molecule has 9 heteroatoms. The molecule has 0 unspecified atom stereocenters. The number of nitrogens with one attached hydrogen (secondary N) is 2. The van der Waals surface area contributed by atoms with Crippen molar-refractivity contribution in [1.29, 1.82) is 0 Å². The second-order valence-corrected chi connectivity index (χ2v) is 8.34. The number of hydrogen-bond donors (Lipinski definition) is 2. The highest BCUT2D eigenvalue weighted by Crippen LogP contribution is 2.38. The number of para-hydroxylation sites is 1. The molecule has 0 aliphatic carbocycles. The van der Waals surface area contributed by atoms with Gasteiger partial charge < -0.3 is 9.73 Å². The number of thiocarbonyl (C=S) groups is 1. The van der Waals surface area contributed by atoms with E-state index in [-0.39, 0.29) is 5.11 Å². The number of aromatic nitrogens is 1. The fourth-order valence-corrected chi connectivity index (χ4v) is 4.43. The van der Waals surface area contributed by atoms with Gasteiger partial charge in [0.1, 0.15) is 10.8 Å². The Balaban J connectivity index is 1.52. The first kappa shape index (κ1) is 20.6. The predicted octanol–water partition coefficient (Wildman–Crippen LogP) is 6.39. The molecule has 4 rings (SSSR count). The largest absolute Gasteiger partial charge is 0.465 e. The van der Waals surface area contributed by atoms with Crippen LogP contribution < -0.4 is 10.6 Å². The van der Waals surface area contributed by atoms with E-state index in [0.717, 1.165) is 20.8 Å². The lowest BCUT2D eigenvalue weighted by Crippen LogP contribution is -2.32. The second-order valence-electron chi connectivity index (χ2n) is 6.09. The van der Waals surface area contributed by atoms with E-state index in [2.05, 4.69) is 15.6 Å². The third-order valence-corrected chi connectivity index (χ3v) is 5.91. The molecule has 0 aliphatic heterocycles. The molecule has 4 aromatic rings. The van der Waals surface area contributed by atoms with Crippen LogP contribution in [-0.2, 0) is 4.79 Å².